The van der Waals surface area contributed by atoms with E-state index in [0.717, 1.165) is 25.9 Å². The first-order valence-electron chi connectivity index (χ1n) is 7.94. The van der Waals surface area contributed by atoms with Crippen LogP contribution in [0.5, 0.6) is 0 Å². The van der Waals surface area contributed by atoms with Gasteiger partial charge in [0.25, 0.3) is 0 Å². The van der Waals surface area contributed by atoms with Crippen molar-refractivity contribution in [2.24, 2.45) is 5.73 Å². The average molecular weight is 321 g/mol. The molecule has 0 spiro atoms. The van der Waals surface area contributed by atoms with E-state index in [9.17, 15) is 8.42 Å². The molecular weight excluding hydrogens is 290 g/mol. The minimum atomic E-state index is -3.20. The van der Waals surface area contributed by atoms with Gasteiger partial charge >= 0.3 is 0 Å². The second-order valence-electron chi connectivity index (χ2n) is 5.85. The van der Waals surface area contributed by atoms with Crippen LogP contribution in [0.15, 0.2) is 0 Å². The fraction of sp³-hybridized carbons (Fsp3) is 1.00. The Hall–Kier alpha value is -0.210. The maximum absolute atomic E-state index is 12.2. The Morgan fingerprint density at radius 2 is 1.81 bits per heavy atom. The highest BCUT2D eigenvalue weighted by molar-refractivity contribution is 7.89. The third kappa shape index (κ3) is 6.20. The molecule has 0 aromatic heterocycles. The van der Waals surface area contributed by atoms with Crippen LogP contribution < -0.4 is 5.73 Å². The van der Waals surface area contributed by atoms with Crippen molar-refractivity contribution in [1.29, 1.82) is 0 Å². The molecular formula is C14H31N3O3S. The Balaban J connectivity index is 2.44. The summed E-state index contributed by atoms with van der Waals surface area (Å²) in [6.45, 7) is 9.53. The zero-order chi connectivity index (χ0) is 15.9. The maximum atomic E-state index is 12.2. The van der Waals surface area contributed by atoms with Crippen molar-refractivity contribution in [3.05, 3.63) is 0 Å². The molecule has 1 atom stereocenters. The molecule has 0 aliphatic carbocycles. The zero-order valence-corrected chi connectivity index (χ0v) is 14.4. The molecule has 0 radical (unpaired) electrons. The summed E-state index contributed by atoms with van der Waals surface area (Å²) in [5.74, 6) is 0.0699. The molecule has 1 fully saturated rings. The van der Waals surface area contributed by atoms with E-state index in [0.29, 0.717) is 25.7 Å². The number of ether oxygens (including phenoxy) is 1. The second kappa shape index (κ2) is 9.05. The van der Waals surface area contributed by atoms with Gasteiger partial charge in [0.2, 0.25) is 10.0 Å². The molecule has 1 heterocycles. The van der Waals surface area contributed by atoms with Gasteiger partial charge in [-0.2, -0.15) is 4.31 Å². The van der Waals surface area contributed by atoms with Gasteiger partial charge < -0.3 is 10.5 Å². The van der Waals surface area contributed by atoms with Crippen molar-refractivity contribution in [2.75, 3.05) is 45.1 Å². The monoisotopic (exact) mass is 321 g/mol. The van der Waals surface area contributed by atoms with Gasteiger partial charge in [-0.1, -0.05) is 13.3 Å². The summed E-state index contributed by atoms with van der Waals surface area (Å²) in [7, 11) is -3.20. The van der Waals surface area contributed by atoms with Gasteiger partial charge in [-0.15, -0.1) is 0 Å². The largest absolute Gasteiger partial charge is 0.378 e. The highest BCUT2D eigenvalue weighted by Gasteiger charge is 2.29. The predicted molar refractivity (Wildman–Crippen MR) is 85.8 cm³/mol. The molecule has 1 aliphatic rings. The molecule has 7 heteroatoms. The number of nitrogens with zero attached hydrogens (tertiary/aromatic N) is 2. The van der Waals surface area contributed by atoms with E-state index < -0.39 is 10.0 Å². The van der Waals surface area contributed by atoms with Gasteiger partial charge in [0, 0.05) is 38.8 Å². The van der Waals surface area contributed by atoms with Crippen LogP contribution in [0.3, 0.4) is 0 Å². The lowest BCUT2D eigenvalue weighted by Gasteiger charge is -2.38. The lowest BCUT2D eigenvalue weighted by atomic mass is 10.1. The van der Waals surface area contributed by atoms with Crippen LogP contribution in [0.1, 0.15) is 33.6 Å². The van der Waals surface area contributed by atoms with Crippen molar-refractivity contribution in [3.8, 4) is 0 Å². The molecule has 2 N–H and O–H groups in total. The normalized spacial score (nSPS) is 20.0. The zero-order valence-electron chi connectivity index (χ0n) is 13.6. The summed E-state index contributed by atoms with van der Waals surface area (Å²) in [5, 5.41) is 0. The van der Waals surface area contributed by atoms with Crippen molar-refractivity contribution in [2.45, 2.75) is 45.8 Å². The molecule has 0 aromatic carbocycles. The number of hydrogen-bond donors (Lipinski definition) is 1. The quantitative estimate of drug-likeness (QED) is 0.669. The van der Waals surface area contributed by atoms with E-state index in [1.165, 1.54) is 0 Å². The third-order valence-corrected chi connectivity index (χ3v) is 5.70. The molecule has 1 aliphatic heterocycles. The third-order valence-electron chi connectivity index (χ3n) is 3.87. The van der Waals surface area contributed by atoms with E-state index >= 15 is 0 Å². The highest BCUT2D eigenvalue weighted by atomic mass is 32.2. The molecule has 0 amide bonds. The first-order chi connectivity index (χ1) is 9.90. The summed E-state index contributed by atoms with van der Waals surface area (Å²) in [5.41, 5.74) is 5.81. The number of sulfonamides is 1. The van der Waals surface area contributed by atoms with Gasteiger partial charge in [0.15, 0.2) is 0 Å². The van der Waals surface area contributed by atoms with Crippen LogP contribution >= 0.6 is 0 Å². The molecule has 21 heavy (non-hydrogen) atoms. The van der Waals surface area contributed by atoms with Gasteiger partial charge in [-0.25, -0.2) is 8.42 Å². The van der Waals surface area contributed by atoms with E-state index in [2.05, 4.69) is 11.8 Å². The van der Waals surface area contributed by atoms with Gasteiger partial charge in [0.1, 0.15) is 0 Å². The van der Waals surface area contributed by atoms with E-state index in [1.807, 2.05) is 13.8 Å². The first-order valence-corrected chi connectivity index (χ1v) is 9.55. The Labute approximate surface area is 129 Å². The fourth-order valence-corrected chi connectivity index (χ4v) is 3.93. The van der Waals surface area contributed by atoms with Crippen molar-refractivity contribution >= 4 is 10.0 Å². The molecule has 1 saturated heterocycles. The van der Waals surface area contributed by atoms with E-state index in [4.69, 9.17) is 10.5 Å². The van der Waals surface area contributed by atoms with Crippen LogP contribution in [-0.2, 0) is 14.8 Å². The smallest absolute Gasteiger partial charge is 0.216 e. The number of rotatable bonds is 9. The summed E-state index contributed by atoms with van der Waals surface area (Å²) in [4.78, 5) is 2.32. The Morgan fingerprint density at radius 3 is 2.29 bits per heavy atom. The summed E-state index contributed by atoms with van der Waals surface area (Å²) >= 11 is 0. The number of hydrogen-bond acceptors (Lipinski definition) is 5. The van der Waals surface area contributed by atoms with E-state index in [-0.39, 0.29) is 18.5 Å². The van der Waals surface area contributed by atoms with Crippen LogP contribution in [0, 0.1) is 0 Å². The Morgan fingerprint density at radius 1 is 1.19 bits per heavy atom. The Kier molecular flexibility index (Phi) is 8.12. The van der Waals surface area contributed by atoms with Crippen LogP contribution in [0.4, 0.5) is 0 Å². The van der Waals surface area contributed by atoms with Crippen molar-refractivity contribution in [3.63, 3.8) is 0 Å². The summed E-state index contributed by atoms with van der Waals surface area (Å²) in [6, 6.07) is 0.379. The maximum Gasteiger partial charge on any atom is 0.216 e. The van der Waals surface area contributed by atoms with Crippen LogP contribution in [0.2, 0.25) is 0 Å². The molecule has 126 valence electrons. The standard InChI is InChI=1S/C14H31N3O3S/c1-4-5-14(12-15)16-6-8-17(9-7-16)21(18,19)11-10-20-13(2)3/h13-14H,4-12,15H2,1-3H3. The topological polar surface area (TPSA) is 75.9 Å². The van der Waals surface area contributed by atoms with Crippen LogP contribution in [0.25, 0.3) is 0 Å². The van der Waals surface area contributed by atoms with Crippen molar-refractivity contribution in [1.82, 2.24) is 9.21 Å². The minimum absolute atomic E-state index is 0.0661. The van der Waals surface area contributed by atoms with E-state index in [1.54, 1.807) is 4.31 Å². The second-order valence-corrected chi connectivity index (χ2v) is 7.94. The Bertz CT molecular complexity index is 379. The van der Waals surface area contributed by atoms with Crippen molar-refractivity contribution < 1.29 is 13.2 Å². The van der Waals surface area contributed by atoms with Gasteiger partial charge in [-0.3, -0.25) is 4.90 Å². The van der Waals surface area contributed by atoms with Crippen LogP contribution in [-0.4, -0.2) is 74.9 Å². The lowest BCUT2D eigenvalue weighted by molar-refractivity contribution is 0.0897. The highest BCUT2D eigenvalue weighted by Crippen LogP contribution is 2.13. The lowest BCUT2D eigenvalue weighted by Crippen LogP contribution is -2.54. The SMILES string of the molecule is CCCC(CN)N1CCN(S(=O)(=O)CCOC(C)C)CC1. The molecule has 1 rings (SSSR count). The van der Waals surface area contributed by atoms with Gasteiger partial charge in [0.05, 0.1) is 18.5 Å². The fourth-order valence-electron chi connectivity index (χ4n) is 2.65. The minimum Gasteiger partial charge on any atom is -0.378 e. The molecule has 0 bridgehead atoms. The number of piperazine rings is 1. The average Bonchev–Trinajstić information content (AvgIpc) is 2.44. The molecule has 0 aromatic rings. The molecule has 1 unspecified atom stereocenters. The number of nitrogens with two attached hydrogens (primary N) is 1. The predicted octanol–water partition coefficient (Wildman–Crippen LogP) is 0.486. The first kappa shape index (κ1) is 18.8. The van der Waals surface area contributed by atoms with Gasteiger partial charge in [-0.05, 0) is 20.3 Å². The summed E-state index contributed by atoms with van der Waals surface area (Å²) in [6.07, 6.45) is 2.25. The molecule has 6 nitrogen and oxygen atoms in total. The molecule has 0 saturated carbocycles. The summed E-state index contributed by atoms with van der Waals surface area (Å²) < 4.78 is 31.4.